The van der Waals surface area contributed by atoms with Crippen LogP contribution in [0.25, 0.3) is 6.08 Å². The van der Waals surface area contributed by atoms with Crippen LogP contribution in [0.1, 0.15) is 42.5 Å². The summed E-state index contributed by atoms with van der Waals surface area (Å²) in [4.78, 5) is 29.3. The van der Waals surface area contributed by atoms with E-state index in [1.165, 1.54) is 0 Å². The zero-order valence-electron chi connectivity index (χ0n) is 20.3. The second-order valence-electron chi connectivity index (χ2n) is 8.86. The summed E-state index contributed by atoms with van der Waals surface area (Å²) in [6.45, 7) is 3.48. The molecule has 1 heterocycles. The van der Waals surface area contributed by atoms with Crippen LogP contribution < -0.4 is 5.32 Å². The average molecular weight is 517 g/mol. The average Bonchev–Trinajstić information content (AvgIpc) is 2.87. The maximum Gasteiger partial charge on any atom is 0.416 e. The van der Waals surface area contributed by atoms with E-state index in [-0.39, 0.29) is 30.1 Å². The van der Waals surface area contributed by atoms with E-state index in [1.54, 1.807) is 4.90 Å². The topological polar surface area (TPSA) is 76.4 Å². The fourth-order valence-corrected chi connectivity index (χ4v) is 4.26. The number of hydrogen-bond acceptors (Lipinski definition) is 4. The van der Waals surface area contributed by atoms with Gasteiger partial charge in [0.1, 0.15) is 5.82 Å². The third-order valence-corrected chi connectivity index (χ3v) is 6.26. The number of nitrogens with zero attached hydrogens (tertiary/aromatic N) is 3. The van der Waals surface area contributed by atoms with E-state index < -0.39 is 23.5 Å². The van der Waals surface area contributed by atoms with Crippen LogP contribution in [0.4, 0.5) is 17.6 Å². The number of amides is 2. The van der Waals surface area contributed by atoms with Gasteiger partial charge in [0.25, 0.3) is 0 Å². The molecule has 2 atom stereocenters. The lowest BCUT2D eigenvalue weighted by Gasteiger charge is -2.45. The number of piperazine rings is 1. The molecule has 10 heteroatoms. The first-order valence-electron chi connectivity index (χ1n) is 11.9. The fourth-order valence-electron chi connectivity index (χ4n) is 4.26. The molecule has 1 saturated heterocycles. The molecule has 0 saturated carbocycles. The van der Waals surface area contributed by atoms with Gasteiger partial charge in [0, 0.05) is 37.2 Å². The summed E-state index contributed by atoms with van der Waals surface area (Å²) in [6, 6.07) is 13.6. The van der Waals surface area contributed by atoms with Crippen molar-refractivity contribution < 1.29 is 27.2 Å². The zero-order chi connectivity index (χ0) is 27.0. The SMILES string of the molecule is C[C@@H]1CN(C(=O)CNC(=O)/C=C/c2ccc(C(F)(F)F)cc2F)C(c2ccccc2)CN1CCCC#N. The smallest absolute Gasteiger partial charge is 0.343 e. The van der Waals surface area contributed by atoms with Crippen molar-refractivity contribution in [3.63, 3.8) is 0 Å². The Kier molecular flexibility index (Phi) is 9.42. The third kappa shape index (κ3) is 7.64. The monoisotopic (exact) mass is 516 g/mol. The van der Waals surface area contributed by atoms with Crippen molar-refractivity contribution in [2.45, 2.75) is 38.0 Å². The maximum absolute atomic E-state index is 14.0. The molecular weight excluding hydrogens is 488 g/mol. The Balaban J connectivity index is 1.64. The number of unbranched alkanes of at least 4 members (excludes halogenated alkanes) is 1. The third-order valence-electron chi connectivity index (χ3n) is 6.26. The molecule has 0 aromatic heterocycles. The van der Waals surface area contributed by atoms with Gasteiger partial charge in [-0.1, -0.05) is 36.4 Å². The Morgan fingerprint density at radius 1 is 1.16 bits per heavy atom. The molecule has 0 aliphatic carbocycles. The number of hydrogen-bond donors (Lipinski definition) is 1. The van der Waals surface area contributed by atoms with Crippen LogP contribution in [-0.2, 0) is 15.8 Å². The van der Waals surface area contributed by atoms with Gasteiger partial charge in [-0.25, -0.2) is 4.39 Å². The molecule has 1 N–H and O–H groups in total. The molecule has 0 bridgehead atoms. The van der Waals surface area contributed by atoms with Crippen molar-refractivity contribution in [3.8, 4) is 6.07 Å². The molecule has 1 aliphatic rings. The summed E-state index contributed by atoms with van der Waals surface area (Å²) in [5.74, 6) is -2.07. The summed E-state index contributed by atoms with van der Waals surface area (Å²) in [5, 5.41) is 11.3. The lowest BCUT2D eigenvalue weighted by atomic mass is 9.99. The Hall–Kier alpha value is -3.71. The minimum atomic E-state index is -4.67. The highest BCUT2D eigenvalue weighted by Gasteiger charge is 2.35. The summed E-state index contributed by atoms with van der Waals surface area (Å²) in [5.41, 5.74) is -0.346. The standard InChI is InChI=1S/C27H28F4N4O2/c1-19-17-35(24(21-7-3-2-4-8-21)18-34(19)14-6-5-13-32)26(37)16-33-25(36)12-10-20-9-11-22(15-23(20)28)27(29,30)31/h2-4,7-12,15,19,24H,5-6,14,16-18H2,1H3,(H,33,36)/b12-10+/t19-,24?/m1/s1. The number of alkyl halides is 3. The minimum Gasteiger partial charge on any atom is -0.343 e. The van der Waals surface area contributed by atoms with Gasteiger partial charge in [-0.2, -0.15) is 18.4 Å². The summed E-state index contributed by atoms with van der Waals surface area (Å²) in [6.07, 6.45) is -1.44. The minimum absolute atomic E-state index is 0.0563. The number of rotatable bonds is 8. The molecule has 6 nitrogen and oxygen atoms in total. The molecule has 3 rings (SSSR count). The van der Waals surface area contributed by atoms with E-state index in [0.717, 1.165) is 42.8 Å². The van der Waals surface area contributed by atoms with Crippen molar-refractivity contribution in [1.82, 2.24) is 15.1 Å². The number of carbonyl (C=O) groups excluding carboxylic acids is 2. The van der Waals surface area contributed by atoms with Crippen LogP contribution in [0.5, 0.6) is 0 Å². The Labute approximate surface area is 213 Å². The van der Waals surface area contributed by atoms with E-state index in [2.05, 4.69) is 16.3 Å². The second-order valence-corrected chi connectivity index (χ2v) is 8.86. The highest BCUT2D eigenvalue weighted by molar-refractivity contribution is 5.94. The molecule has 1 aliphatic heterocycles. The number of nitrogens with one attached hydrogen (secondary N) is 1. The van der Waals surface area contributed by atoms with Gasteiger partial charge in [-0.15, -0.1) is 0 Å². The highest BCUT2D eigenvalue weighted by Crippen LogP contribution is 2.31. The molecule has 1 fully saturated rings. The van der Waals surface area contributed by atoms with Gasteiger partial charge in [-0.05, 0) is 43.7 Å². The lowest BCUT2D eigenvalue weighted by Crippen LogP contribution is -2.56. The first-order valence-corrected chi connectivity index (χ1v) is 11.9. The molecule has 0 spiro atoms. The van der Waals surface area contributed by atoms with Crippen LogP contribution in [-0.4, -0.2) is 53.8 Å². The zero-order valence-corrected chi connectivity index (χ0v) is 20.3. The van der Waals surface area contributed by atoms with E-state index in [1.807, 2.05) is 37.3 Å². The maximum atomic E-state index is 14.0. The Bertz CT molecular complexity index is 1160. The van der Waals surface area contributed by atoms with E-state index >= 15 is 0 Å². The molecule has 2 aromatic rings. The van der Waals surface area contributed by atoms with E-state index in [9.17, 15) is 27.2 Å². The fraction of sp³-hybridized carbons (Fsp3) is 0.370. The van der Waals surface area contributed by atoms with Crippen molar-refractivity contribution >= 4 is 17.9 Å². The van der Waals surface area contributed by atoms with Gasteiger partial charge in [-0.3, -0.25) is 14.5 Å². The highest BCUT2D eigenvalue weighted by atomic mass is 19.4. The van der Waals surface area contributed by atoms with Gasteiger partial charge in [0.2, 0.25) is 11.8 Å². The predicted octanol–water partition coefficient (Wildman–Crippen LogP) is 4.55. The quantitative estimate of drug-likeness (QED) is 0.317. The van der Waals surface area contributed by atoms with E-state index in [0.29, 0.717) is 25.6 Å². The molecule has 37 heavy (non-hydrogen) atoms. The molecular formula is C27H28F4N4O2. The van der Waals surface area contributed by atoms with Crippen LogP contribution >= 0.6 is 0 Å². The van der Waals surface area contributed by atoms with Gasteiger partial charge < -0.3 is 10.2 Å². The van der Waals surface area contributed by atoms with Crippen LogP contribution in [0, 0.1) is 17.1 Å². The number of carbonyl (C=O) groups is 2. The van der Waals surface area contributed by atoms with Crippen LogP contribution in [0.15, 0.2) is 54.6 Å². The summed E-state index contributed by atoms with van der Waals surface area (Å²) < 4.78 is 52.1. The van der Waals surface area contributed by atoms with Crippen molar-refractivity contribution in [2.75, 3.05) is 26.2 Å². The Morgan fingerprint density at radius 3 is 2.54 bits per heavy atom. The number of nitriles is 1. The predicted molar refractivity (Wildman–Crippen MR) is 130 cm³/mol. The van der Waals surface area contributed by atoms with Crippen molar-refractivity contribution in [1.29, 1.82) is 5.26 Å². The normalized spacial score (nSPS) is 18.5. The second kappa shape index (κ2) is 12.5. The number of halogens is 4. The molecule has 0 radical (unpaired) electrons. The van der Waals surface area contributed by atoms with Crippen LogP contribution in [0.2, 0.25) is 0 Å². The van der Waals surface area contributed by atoms with Crippen molar-refractivity contribution in [2.24, 2.45) is 0 Å². The van der Waals surface area contributed by atoms with E-state index in [4.69, 9.17) is 5.26 Å². The van der Waals surface area contributed by atoms with Crippen LogP contribution in [0.3, 0.4) is 0 Å². The van der Waals surface area contributed by atoms with Gasteiger partial charge >= 0.3 is 6.18 Å². The molecule has 1 unspecified atom stereocenters. The summed E-state index contributed by atoms with van der Waals surface area (Å²) in [7, 11) is 0. The first kappa shape index (κ1) is 27.9. The summed E-state index contributed by atoms with van der Waals surface area (Å²) >= 11 is 0. The molecule has 2 aromatic carbocycles. The first-order chi connectivity index (χ1) is 17.6. The van der Waals surface area contributed by atoms with Gasteiger partial charge in [0.05, 0.1) is 24.2 Å². The molecule has 196 valence electrons. The Morgan fingerprint density at radius 2 is 1.89 bits per heavy atom. The largest absolute Gasteiger partial charge is 0.416 e. The number of benzene rings is 2. The van der Waals surface area contributed by atoms with Crippen molar-refractivity contribution in [3.05, 3.63) is 77.1 Å². The molecule has 2 amide bonds. The van der Waals surface area contributed by atoms with Gasteiger partial charge in [0.15, 0.2) is 0 Å². The lowest BCUT2D eigenvalue weighted by molar-refractivity contribution is -0.138.